The van der Waals surface area contributed by atoms with Crippen molar-refractivity contribution in [2.45, 2.75) is 13.0 Å². The number of benzene rings is 2. The van der Waals surface area contributed by atoms with Crippen molar-refractivity contribution in [3.63, 3.8) is 0 Å². The van der Waals surface area contributed by atoms with Gasteiger partial charge in [0.25, 0.3) is 11.6 Å². The molecule has 0 radical (unpaired) electrons. The van der Waals surface area contributed by atoms with Gasteiger partial charge in [0, 0.05) is 18.7 Å². The predicted molar refractivity (Wildman–Crippen MR) is 107 cm³/mol. The maximum absolute atomic E-state index is 12.7. The van der Waals surface area contributed by atoms with Gasteiger partial charge in [-0.2, -0.15) is 5.10 Å². The first-order valence-electron chi connectivity index (χ1n) is 8.14. The Balaban J connectivity index is 2.12. The lowest BCUT2D eigenvalue weighted by molar-refractivity contribution is -0.384. The van der Waals surface area contributed by atoms with Crippen molar-refractivity contribution >= 4 is 34.1 Å². The molecule has 1 atom stereocenters. The van der Waals surface area contributed by atoms with E-state index in [9.17, 15) is 14.9 Å². The Morgan fingerprint density at radius 1 is 1.30 bits per heavy atom. The smallest absolute Gasteiger partial charge is 0.286 e. The Kier molecular flexibility index (Phi) is 7.08. The molecule has 2 aromatic rings. The van der Waals surface area contributed by atoms with Gasteiger partial charge in [0.2, 0.25) is 5.17 Å². The zero-order chi connectivity index (χ0) is 19.8. The number of halogens is 1. The van der Waals surface area contributed by atoms with Crippen LogP contribution in [-0.4, -0.2) is 27.4 Å². The number of carbonyl (C=O) groups is 1. The average molecular weight is 387 g/mol. The molecule has 140 valence electrons. The predicted octanol–water partition coefficient (Wildman–Crippen LogP) is 4.33. The zero-order valence-electron chi connectivity index (χ0n) is 14.7. The molecule has 0 saturated carbocycles. The standard InChI is InChI=1S/C19H19ClN4O3/c1-3-13-23(14(2)15-7-5-4-6-8-15)19(25)18(20)22-21-16-9-11-17(12-10-16)24(26)27/h3-12,14,21H,1,13H2,2H3/b22-18+/t14-/m0/s1. The van der Waals surface area contributed by atoms with Crippen LogP contribution < -0.4 is 5.43 Å². The fourth-order valence-corrected chi connectivity index (χ4v) is 2.56. The van der Waals surface area contributed by atoms with Crippen LogP contribution in [0.3, 0.4) is 0 Å². The molecule has 0 aliphatic heterocycles. The summed E-state index contributed by atoms with van der Waals surface area (Å²) in [6, 6.07) is 14.9. The molecule has 27 heavy (non-hydrogen) atoms. The maximum Gasteiger partial charge on any atom is 0.286 e. The van der Waals surface area contributed by atoms with Crippen molar-refractivity contribution in [3.8, 4) is 0 Å². The molecule has 1 amide bonds. The molecule has 0 unspecified atom stereocenters. The summed E-state index contributed by atoms with van der Waals surface area (Å²) in [5.74, 6) is -0.456. The first-order chi connectivity index (χ1) is 12.9. The third-order valence-electron chi connectivity index (χ3n) is 3.87. The summed E-state index contributed by atoms with van der Waals surface area (Å²) in [6.07, 6.45) is 1.62. The largest absolute Gasteiger partial charge is 0.326 e. The van der Waals surface area contributed by atoms with Crippen LogP contribution in [0.5, 0.6) is 0 Å². The van der Waals surface area contributed by atoms with Crippen LogP contribution in [0.2, 0.25) is 0 Å². The number of nitrogens with one attached hydrogen (secondary N) is 1. The molecule has 0 aromatic heterocycles. The van der Waals surface area contributed by atoms with Crippen molar-refractivity contribution in [2.75, 3.05) is 12.0 Å². The lowest BCUT2D eigenvalue weighted by Crippen LogP contribution is -2.37. The van der Waals surface area contributed by atoms with Gasteiger partial charge in [-0.15, -0.1) is 6.58 Å². The van der Waals surface area contributed by atoms with Crippen LogP contribution in [0.15, 0.2) is 72.4 Å². The summed E-state index contributed by atoms with van der Waals surface area (Å²) in [4.78, 5) is 24.4. The van der Waals surface area contributed by atoms with E-state index in [2.05, 4.69) is 17.1 Å². The van der Waals surface area contributed by atoms with E-state index in [1.165, 1.54) is 24.3 Å². The van der Waals surface area contributed by atoms with Crippen molar-refractivity contribution < 1.29 is 9.72 Å². The molecule has 0 saturated heterocycles. The molecule has 2 aromatic carbocycles. The van der Waals surface area contributed by atoms with Crippen LogP contribution >= 0.6 is 11.6 Å². The van der Waals surface area contributed by atoms with Crippen molar-refractivity contribution in [2.24, 2.45) is 5.10 Å². The molecule has 7 nitrogen and oxygen atoms in total. The van der Waals surface area contributed by atoms with Crippen LogP contribution in [0.25, 0.3) is 0 Å². The van der Waals surface area contributed by atoms with E-state index in [0.717, 1.165) is 5.56 Å². The van der Waals surface area contributed by atoms with Gasteiger partial charge in [-0.05, 0) is 24.6 Å². The Morgan fingerprint density at radius 3 is 2.48 bits per heavy atom. The number of nitrogens with zero attached hydrogens (tertiary/aromatic N) is 3. The fraction of sp³-hybridized carbons (Fsp3) is 0.158. The third kappa shape index (κ3) is 5.39. The molecular weight excluding hydrogens is 368 g/mol. The Hall–Kier alpha value is -3.19. The van der Waals surface area contributed by atoms with Gasteiger partial charge < -0.3 is 4.90 Å². The van der Waals surface area contributed by atoms with E-state index in [-0.39, 0.29) is 16.9 Å². The Labute approximate surface area is 162 Å². The minimum Gasteiger partial charge on any atom is -0.326 e. The highest BCUT2D eigenvalue weighted by Crippen LogP contribution is 2.21. The highest BCUT2D eigenvalue weighted by Gasteiger charge is 2.23. The number of hydrogen-bond donors (Lipinski definition) is 1. The highest BCUT2D eigenvalue weighted by molar-refractivity contribution is 6.82. The molecule has 0 aliphatic carbocycles. The van der Waals surface area contributed by atoms with Crippen molar-refractivity contribution in [1.29, 1.82) is 0 Å². The van der Waals surface area contributed by atoms with Gasteiger partial charge in [-0.1, -0.05) is 48.0 Å². The molecule has 0 fully saturated rings. The second kappa shape index (κ2) is 9.49. The molecule has 0 spiro atoms. The first kappa shape index (κ1) is 20.1. The number of hydrazone groups is 1. The Morgan fingerprint density at radius 2 is 1.93 bits per heavy atom. The SMILES string of the molecule is C=CCN(C(=O)/C(Cl)=N\Nc1ccc([N+](=O)[O-])cc1)[C@@H](C)c1ccccc1. The Bertz CT molecular complexity index is 838. The van der Waals surface area contributed by atoms with Crippen LogP contribution in [0.4, 0.5) is 11.4 Å². The van der Waals surface area contributed by atoms with E-state index in [1.54, 1.807) is 11.0 Å². The van der Waals surface area contributed by atoms with E-state index in [4.69, 9.17) is 11.6 Å². The summed E-state index contributed by atoms with van der Waals surface area (Å²) in [6.45, 7) is 5.88. The number of non-ortho nitro benzene ring substituents is 1. The number of rotatable bonds is 8. The fourth-order valence-electron chi connectivity index (χ4n) is 2.41. The second-order valence-corrected chi connectivity index (χ2v) is 6.01. The average Bonchev–Trinajstić information content (AvgIpc) is 2.70. The summed E-state index contributed by atoms with van der Waals surface area (Å²) in [7, 11) is 0. The normalized spacial score (nSPS) is 12.1. The third-order valence-corrected chi connectivity index (χ3v) is 4.12. The van der Waals surface area contributed by atoms with Gasteiger partial charge in [0.15, 0.2) is 0 Å². The molecule has 0 aliphatic rings. The van der Waals surface area contributed by atoms with Gasteiger partial charge >= 0.3 is 0 Å². The summed E-state index contributed by atoms with van der Waals surface area (Å²) in [5, 5.41) is 14.3. The zero-order valence-corrected chi connectivity index (χ0v) is 15.5. The minimum absolute atomic E-state index is 0.0412. The quantitative estimate of drug-likeness (QED) is 0.316. The molecule has 0 heterocycles. The molecule has 1 N–H and O–H groups in total. The van der Waals surface area contributed by atoms with Gasteiger partial charge in [-0.3, -0.25) is 20.3 Å². The molecule has 8 heteroatoms. The topological polar surface area (TPSA) is 87.8 Å². The van der Waals surface area contributed by atoms with Crippen molar-refractivity contribution in [3.05, 3.63) is 82.9 Å². The summed E-state index contributed by atoms with van der Waals surface area (Å²) >= 11 is 6.08. The number of nitro benzene ring substituents is 1. The van der Waals surface area contributed by atoms with Gasteiger partial charge in [-0.25, -0.2) is 0 Å². The van der Waals surface area contributed by atoms with Crippen LogP contribution in [0.1, 0.15) is 18.5 Å². The number of carbonyl (C=O) groups excluding carboxylic acids is 1. The lowest BCUT2D eigenvalue weighted by Gasteiger charge is -2.28. The molecule has 0 bridgehead atoms. The van der Waals surface area contributed by atoms with Crippen LogP contribution in [-0.2, 0) is 4.79 Å². The molecule has 2 rings (SSSR count). The number of hydrogen-bond acceptors (Lipinski definition) is 5. The van der Waals surface area contributed by atoms with E-state index < -0.39 is 10.8 Å². The van der Waals surface area contributed by atoms with E-state index >= 15 is 0 Å². The number of anilines is 1. The van der Waals surface area contributed by atoms with E-state index in [0.29, 0.717) is 12.2 Å². The molecular formula is C19H19ClN4O3. The van der Waals surface area contributed by atoms with Gasteiger partial charge in [0.05, 0.1) is 16.7 Å². The minimum atomic E-state index is -0.498. The monoisotopic (exact) mass is 386 g/mol. The maximum atomic E-state index is 12.7. The summed E-state index contributed by atoms with van der Waals surface area (Å²) in [5.41, 5.74) is 4.02. The van der Waals surface area contributed by atoms with E-state index in [1.807, 2.05) is 37.3 Å². The van der Waals surface area contributed by atoms with Gasteiger partial charge in [0.1, 0.15) is 0 Å². The number of nitro groups is 1. The summed E-state index contributed by atoms with van der Waals surface area (Å²) < 4.78 is 0. The highest BCUT2D eigenvalue weighted by atomic mass is 35.5. The number of amides is 1. The second-order valence-electron chi connectivity index (χ2n) is 5.65. The first-order valence-corrected chi connectivity index (χ1v) is 8.52. The van der Waals surface area contributed by atoms with Crippen LogP contribution in [0, 0.1) is 10.1 Å². The lowest BCUT2D eigenvalue weighted by atomic mass is 10.1. The van der Waals surface area contributed by atoms with Crippen molar-refractivity contribution in [1.82, 2.24) is 4.90 Å².